The lowest BCUT2D eigenvalue weighted by Crippen LogP contribution is -2.49. The molecule has 7 heteroatoms. The molecule has 2 aromatic rings. The number of methoxy groups -OCH3 is 3. The molecule has 0 spiro atoms. The van der Waals surface area contributed by atoms with Gasteiger partial charge in [0.15, 0.2) is 11.5 Å². The number of carbonyl (C=O) groups is 1. The molecule has 0 saturated carbocycles. The molecule has 1 aliphatic heterocycles. The first kappa shape index (κ1) is 21.8. The molecule has 162 valence electrons. The molecule has 1 saturated heterocycles. The van der Waals surface area contributed by atoms with Crippen LogP contribution in [0.25, 0.3) is 0 Å². The maximum atomic E-state index is 12.5. The van der Waals surface area contributed by atoms with Gasteiger partial charge in [0, 0.05) is 50.0 Å². The third kappa shape index (κ3) is 5.36. The highest BCUT2D eigenvalue weighted by molar-refractivity contribution is 5.78. The first-order valence-electron chi connectivity index (χ1n) is 10.1. The summed E-state index contributed by atoms with van der Waals surface area (Å²) in [6, 6.07) is 12.2. The highest BCUT2D eigenvalue weighted by Gasteiger charge is 2.20. The lowest BCUT2D eigenvalue weighted by atomic mass is 10.1. The fraction of sp³-hybridized carbons (Fsp3) is 0.435. The lowest BCUT2D eigenvalue weighted by molar-refractivity contribution is -0.122. The zero-order valence-electron chi connectivity index (χ0n) is 18.2. The molecule has 1 N–H and O–H groups in total. The van der Waals surface area contributed by atoms with Gasteiger partial charge in [0.1, 0.15) is 5.75 Å². The SMILES string of the molecule is COc1cc(OC)c(OC)cc1CNC(=O)CN1CCN(c2cccc(C)c2)CC1. The minimum Gasteiger partial charge on any atom is -0.496 e. The lowest BCUT2D eigenvalue weighted by Gasteiger charge is -2.35. The molecule has 30 heavy (non-hydrogen) atoms. The van der Waals surface area contributed by atoms with Crippen LogP contribution in [0.2, 0.25) is 0 Å². The van der Waals surface area contributed by atoms with Crippen molar-refractivity contribution in [3.05, 3.63) is 47.5 Å². The number of hydrogen-bond donors (Lipinski definition) is 1. The van der Waals surface area contributed by atoms with Crippen LogP contribution in [0.4, 0.5) is 5.69 Å². The Hall–Kier alpha value is -2.93. The van der Waals surface area contributed by atoms with Gasteiger partial charge in [-0.3, -0.25) is 9.69 Å². The molecule has 0 bridgehead atoms. The smallest absolute Gasteiger partial charge is 0.234 e. The van der Waals surface area contributed by atoms with Crippen molar-refractivity contribution in [3.63, 3.8) is 0 Å². The fourth-order valence-corrected chi connectivity index (χ4v) is 3.67. The maximum absolute atomic E-state index is 12.5. The topological polar surface area (TPSA) is 63.3 Å². The molecular formula is C23H31N3O4. The number of rotatable bonds is 8. The molecule has 0 aliphatic carbocycles. The van der Waals surface area contributed by atoms with E-state index in [1.54, 1.807) is 27.4 Å². The van der Waals surface area contributed by atoms with E-state index >= 15 is 0 Å². The second-order valence-electron chi connectivity index (χ2n) is 7.40. The summed E-state index contributed by atoms with van der Waals surface area (Å²) in [6.07, 6.45) is 0. The van der Waals surface area contributed by atoms with Gasteiger partial charge in [0.25, 0.3) is 0 Å². The van der Waals surface area contributed by atoms with E-state index in [2.05, 4.69) is 46.3 Å². The fourth-order valence-electron chi connectivity index (χ4n) is 3.67. The molecule has 0 aromatic heterocycles. The summed E-state index contributed by atoms with van der Waals surface area (Å²) < 4.78 is 16.1. The number of hydrogen-bond acceptors (Lipinski definition) is 6. The summed E-state index contributed by atoms with van der Waals surface area (Å²) in [5.41, 5.74) is 3.35. The van der Waals surface area contributed by atoms with E-state index in [1.807, 2.05) is 6.07 Å². The Labute approximate surface area is 178 Å². The molecule has 1 amide bonds. The van der Waals surface area contributed by atoms with Crippen molar-refractivity contribution in [2.45, 2.75) is 13.5 Å². The molecule has 0 atom stereocenters. The number of nitrogens with one attached hydrogen (secondary N) is 1. The summed E-state index contributed by atoms with van der Waals surface area (Å²) >= 11 is 0. The van der Waals surface area contributed by atoms with Crippen molar-refractivity contribution in [2.75, 3.05) is 59.0 Å². The van der Waals surface area contributed by atoms with Gasteiger partial charge in [-0.15, -0.1) is 0 Å². The summed E-state index contributed by atoms with van der Waals surface area (Å²) in [6.45, 7) is 6.42. The molecule has 1 heterocycles. The second kappa shape index (κ2) is 10.2. The Morgan fingerprint density at radius 2 is 1.60 bits per heavy atom. The van der Waals surface area contributed by atoms with Crippen LogP contribution in [0.15, 0.2) is 36.4 Å². The Kier molecular flexibility index (Phi) is 7.41. The highest BCUT2D eigenvalue weighted by Crippen LogP contribution is 2.34. The molecule has 2 aromatic carbocycles. The minimum atomic E-state index is -0.00385. The van der Waals surface area contributed by atoms with Gasteiger partial charge in [-0.05, 0) is 30.7 Å². The third-order valence-corrected chi connectivity index (χ3v) is 5.37. The van der Waals surface area contributed by atoms with Crippen LogP contribution in [0.5, 0.6) is 17.2 Å². The van der Waals surface area contributed by atoms with Crippen molar-refractivity contribution < 1.29 is 19.0 Å². The number of ether oxygens (including phenoxy) is 3. The van der Waals surface area contributed by atoms with Gasteiger partial charge in [-0.2, -0.15) is 0 Å². The van der Waals surface area contributed by atoms with Crippen LogP contribution in [0, 0.1) is 6.92 Å². The Morgan fingerprint density at radius 1 is 0.933 bits per heavy atom. The number of anilines is 1. The molecular weight excluding hydrogens is 382 g/mol. The molecule has 0 radical (unpaired) electrons. The van der Waals surface area contributed by atoms with E-state index in [0.717, 1.165) is 31.7 Å². The minimum absolute atomic E-state index is 0.00385. The standard InChI is InChI=1S/C23H31N3O4/c1-17-6-5-7-19(12-17)26-10-8-25(9-11-26)16-23(27)24-15-18-13-21(29-3)22(30-4)14-20(18)28-2/h5-7,12-14H,8-11,15-16H2,1-4H3,(H,24,27). The molecule has 0 unspecified atom stereocenters. The average Bonchev–Trinajstić information content (AvgIpc) is 2.77. The maximum Gasteiger partial charge on any atom is 0.234 e. The van der Waals surface area contributed by atoms with Crippen molar-refractivity contribution >= 4 is 11.6 Å². The van der Waals surface area contributed by atoms with E-state index in [9.17, 15) is 4.79 Å². The van der Waals surface area contributed by atoms with Crippen LogP contribution < -0.4 is 24.4 Å². The average molecular weight is 414 g/mol. The zero-order valence-corrected chi connectivity index (χ0v) is 18.2. The number of aryl methyl sites for hydroxylation is 1. The largest absolute Gasteiger partial charge is 0.496 e. The van der Waals surface area contributed by atoms with Gasteiger partial charge in [0.05, 0.1) is 27.9 Å². The molecule has 7 nitrogen and oxygen atoms in total. The first-order chi connectivity index (χ1) is 14.5. The van der Waals surface area contributed by atoms with Gasteiger partial charge in [0.2, 0.25) is 5.91 Å². The summed E-state index contributed by atoms with van der Waals surface area (Å²) in [5, 5.41) is 2.99. The Bertz CT molecular complexity index is 864. The number of piperazine rings is 1. The number of amides is 1. The van der Waals surface area contributed by atoms with E-state index in [-0.39, 0.29) is 5.91 Å². The summed E-state index contributed by atoms with van der Waals surface area (Å²) in [5.74, 6) is 1.85. The van der Waals surface area contributed by atoms with Crippen molar-refractivity contribution in [1.29, 1.82) is 0 Å². The van der Waals surface area contributed by atoms with Gasteiger partial charge < -0.3 is 24.4 Å². The molecule has 1 fully saturated rings. The number of benzene rings is 2. The third-order valence-electron chi connectivity index (χ3n) is 5.37. The quantitative estimate of drug-likeness (QED) is 0.717. The van der Waals surface area contributed by atoms with Crippen molar-refractivity contribution in [1.82, 2.24) is 10.2 Å². The van der Waals surface area contributed by atoms with Crippen LogP contribution >= 0.6 is 0 Å². The predicted octanol–water partition coefficient (Wildman–Crippen LogP) is 2.46. The van der Waals surface area contributed by atoms with Gasteiger partial charge in [-0.25, -0.2) is 0 Å². The Morgan fingerprint density at radius 3 is 2.23 bits per heavy atom. The molecule has 1 aliphatic rings. The van der Waals surface area contributed by atoms with Crippen LogP contribution in [-0.4, -0.2) is 64.9 Å². The van der Waals surface area contributed by atoms with Crippen LogP contribution in [-0.2, 0) is 11.3 Å². The Balaban J connectivity index is 1.51. The summed E-state index contributed by atoms with van der Waals surface area (Å²) in [4.78, 5) is 17.1. The van der Waals surface area contributed by atoms with Crippen molar-refractivity contribution in [2.24, 2.45) is 0 Å². The van der Waals surface area contributed by atoms with E-state index in [0.29, 0.717) is 30.3 Å². The molecule has 3 rings (SSSR count). The van der Waals surface area contributed by atoms with Crippen LogP contribution in [0.3, 0.4) is 0 Å². The zero-order chi connectivity index (χ0) is 21.5. The van der Waals surface area contributed by atoms with Crippen molar-refractivity contribution in [3.8, 4) is 17.2 Å². The van der Waals surface area contributed by atoms with E-state index in [4.69, 9.17) is 14.2 Å². The van der Waals surface area contributed by atoms with E-state index in [1.165, 1.54) is 11.3 Å². The predicted molar refractivity (Wildman–Crippen MR) is 118 cm³/mol. The highest BCUT2D eigenvalue weighted by atomic mass is 16.5. The van der Waals surface area contributed by atoms with E-state index < -0.39 is 0 Å². The number of carbonyl (C=O) groups excluding carboxylic acids is 1. The monoisotopic (exact) mass is 413 g/mol. The normalized spacial score (nSPS) is 14.3. The van der Waals surface area contributed by atoms with Crippen LogP contribution in [0.1, 0.15) is 11.1 Å². The first-order valence-corrected chi connectivity index (χ1v) is 10.1. The second-order valence-corrected chi connectivity index (χ2v) is 7.40. The van der Waals surface area contributed by atoms with Gasteiger partial charge in [-0.1, -0.05) is 12.1 Å². The summed E-state index contributed by atoms with van der Waals surface area (Å²) in [7, 11) is 4.76. The number of nitrogens with zero attached hydrogens (tertiary/aromatic N) is 2. The van der Waals surface area contributed by atoms with Gasteiger partial charge >= 0.3 is 0 Å².